The Kier molecular flexibility index (Phi) is 7.83. The van der Waals surface area contributed by atoms with Gasteiger partial charge in [0.15, 0.2) is 6.61 Å². The first-order valence-electron chi connectivity index (χ1n) is 12.1. The molecule has 0 spiro atoms. The van der Waals surface area contributed by atoms with Crippen LogP contribution in [0.15, 0.2) is 0 Å². The van der Waals surface area contributed by atoms with Gasteiger partial charge in [-0.1, -0.05) is 55.4 Å². The summed E-state index contributed by atoms with van der Waals surface area (Å²) < 4.78 is 17.3. The minimum absolute atomic E-state index is 0.0368. The molecule has 32 heavy (non-hydrogen) atoms. The summed E-state index contributed by atoms with van der Waals surface area (Å²) in [6.45, 7) is 16.0. The molecule has 1 N–H and O–H groups in total. The Morgan fingerprint density at radius 1 is 1.06 bits per heavy atom. The minimum Gasteiger partial charge on any atom is -0.456 e. The first kappa shape index (κ1) is 27.1. The van der Waals surface area contributed by atoms with Crippen LogP contribution in [0.5, 0.6) is 0 Å². The van der Waals surface area contributed by atoms with Crippen LogP contribution in [0.2, 0.25) is 0 Å². The van der Waals surface area contributed by atoms with Gasteiger partial charge in [0.1, 0.15) is 5.60 Å². The van der Waals surface area contributed by atoms with Gasteiger partial charge in [0.2, 0.25) is 0 Å². The summed E-state index contributed by atoms with van der Waals surface area (Å²) in [7, 11) is 1.66. The van der Waals surface area contributed by atoms with Crippen molar-refractivity contribution in [3.63, 3.8) is 0 Å². The van der Waals surface area contributed by atoms with Crippen molar-refractivity contribution in [3.05, 3.63) is 0 Å². The minimum atomic E-state index is -0.914. The number of hydrogen-bond acceptors (Lipinski definition) is 6. The highest BCUT2D eigenvalue weighted by Gasteiger charge is 2.59. The second-order valence-electron chi connectivity index (χ2n) is 13.0. The number of methoxy groups -OCH3 is 1. The highest BCUT2D eigenvalue weighted by Crippen LogP contribution is 2.54. The molecule has 2 aliphatic rings. The van der Waals surface area contributed by atoms with Crippen LogP contribution in [-0.2, 0) is 23.8 Å². The van der Waals surface area contributed by atoms with Gasteiger partial charge >= 0.3 is 11.9 Å². The van der Waals surface area contributed by atoms with E-state index in [1.54, 1.807) is 7.11 Å². The number of rotatable bonds is 7. The third-order valence-electron chi connectivity index (χ3n) is 7.28. The van der Waals surface area contributed by atoms with Crippen molar-refractivity contribution >= 4 is 11.9 Å². The summed E-state index contributed by atoms with van der Waals surface area (Å²) in [4.78, 5) is 25.7. The third kappa shape index (κ3) is 6.69. The van der Waals surface area contributed by atoms with Crippen molar-refractivity contribution in [2.75, 3.05) is 13.7 Å². The quantitative estimate of drug-likeness (QED) is 0.542. The van der Waals surface area contributed by atoms with Crippen LogP contribution in [0.25, 0.3) is 0 Å². The van der Waals surface area contributed by atoms with Crippen LogP contribution < -0.4 is 0 Å². The van der Waals surface area contributed by atoms with E-state index < -0.39 is 29.4 Å². The number of ether oxygens (including phenoxy) is 3. The lowest BCUT2D eigenvalue weighted by Crippen LogP contribution is -2.62. The third-order valence-corrected chi connectivity index (χ3v) is 7.28. The average Bonchev–Trinajstić information content (AvgIpc) is 2.60. The Morgan fingerprint density at radius 3 is 2.19 bits per heavy atom. The first-order valence-corrected chi connectivity index (χ1v) is 12.1. The molecular weight excluding hydrogens is 408 g/mol. The number of carbonyl (C=O) groups is 2. The van der Waals surface area contributed by atoms with Crippen LogP contribution >= 0.6 is 0 Å². The molecule has 5 unspecified atom stereocenters. The van der Waals surface area contributed by atoms with Crippen LogP contribution in [0, 0.1) is 22.7 Å². The largest absolute Gasteiger partial charge is 0.456 e. The normalized spacial score (nSPS) is 34.0. The molecule has 2 bridgehead atoms. The molecule has 2 fully saturated rings. The van der Waals surface area contributed by atoms with E-state index in [9.17, 15) is 14.7 Å². The average molecular weight is 455 g/mol. The van der Waals surface area contributed by atoms with Crippen LogP contribution in [0.1, 0.15) is 100 Å². The van der Waals surface area contributed by atoms with Crippen molar-refractivity contribution in [2.24, 2.45) is 22.7 Å². The Morgan fingerprint density at radius 2 is 1.69 bits per heavy atom. The molecule has 0 heterocycles. The predicted molar refractivity (Wildman–Crippen MR) is 124 cm³/mol. The van der Waals surface area contributed by atoms with Gasteiger partial charge in [-0.25, -0.2) is 4.79 Å². The SMILES string of the molecule is CCC1(OC)CC2(O)CC(C)CC(OC(=O)COC(=O)C(CC(C)(C)C)C(C)(C)C)(C2)C1. The maximum absolute atomic E-state index is 12.9. The Hall–Kier alpha value is -1.14. The van der Waals surface area contributed by atoms with E-state index in [0.717, 1.165) is 6.42 Å². The van der Waals surface area contributed by atoms with E-state index in [0.29, 0.717) is 38.5 Å². The van der Waals surface area contributed by atoms with Crippen molar-refractivity contribution in [1.29, 1.82) is 0 Å². The van der Waals surface area contributed by atoms with E-state index in [4.69, 9.17) is 14.2 Å². The fraction of sp³-hybridized carbons (Fsp3) is 0.923. The predicted octanol–water partition coefficient (Wildman–Crippen LogP) is 5.05. The summed E-state index contributed by atoms with van der Waals surface area (Å²) in [6.07, 6.45) is 4.25. The van der Waals surface area contributed by atoms with E-state index in [-0.39, 0.29) is 28.6 Å². The molecule has 6 heteroatoms. The summed E-state index contributed by atoms with van der Waals surface area (Å²) in [5.41, 5.74) is -2.54. The van der Waals surface area contributed by atoms with Gasteiger partial charge in [-0.2, -0.15) is 0 Å². The zero-order valence-electron chi connectivity index (χ0n) is 21.8. The first-order chi connectivity index (χ1) is 14.5. The van der Waals surface area contributed by atoms with E-state index in [2.05, 4.69) is 27.7 Å². The van der Waals surface area contributed by atoms with Crippen molar-refractivity contribution < 1.29 is 28.9 Å². The Balaban J connectivity index is 2.11. The number of hydrogen-bond donors (Lipinski definition) is 1. The van der Waals surface area contributed by atoms with Gasteiger partial charge in [0.05, 0.1) is 17.1 Å². The van der Waals surface area contributed by atoms with Gasteiger partial charge in [0.25, 0.3) is 0 Å². The maximum Gasteiger partial charge on any atom is 0.344 e. The number of esters is 2. The molecule has 2 rings (SSSR count). The lowest BCUT2D eigenvalue weighted by atomic mass is 9.58. The molecule has 0 saturated heterocycles. The number of carbonyl (C=O) groups excluding carboxylic acids is 2. The fourth-order valence-corrected chi connectivity index (χ4v) is 6.13. The zero-order chi connectivity index (χ0) is 24.6. The standard InChI is InChI=1S/C26H46O6/c1-10-25(30-9)15-24(29)11-18(2)12-26(16-24,17-25)32-20(27)14-31-21(28)19(23(6,7)8)13-22(3,4)5/h18-19,29H,10-17H2,1-9H3. The van der Waals surface area contributed by atoms with Crippen LogP contribution in [-0.4, -0.2) is 47.6 Å². The van der Waals surface area contributed by atoms with Gasteiger partial charge in [-0.3, -0.25) is 4.79 Å². The molecule has 0 aromatic rings. The lowest BCUT2D eigenvalue weighted by molar-refractivity contribution is -0.235. The van der Waals surface area contributed by atoms with Gasteiger partial charge in [-0.15, -0.1) is 0 Å². The van der Waals surface area contributed by atoms with Crippen molar-refractivity contribution in [1.82, 2.24) is 0 Å². The summed E-state index contributed by atoms with van der Waals surface area (Å²) >= 11 is 0. The van der Waals surface area contributed by atoms with Crippen LogP contribution in [0.4, 0.5) is 0 Å². The topological polar surface area (TPSA) is 82.1 Å². The lowest BCUT2D eigenvalue weighted by Gasteiger charge is -2.57. The Labute approximate surface area is 194 Å². The molecular formula is C26H46O6. The second kappa shape index (κ2) is 9.25. The highest BCUT2D eigenvalue weighted by molar-refractivity contribution is 5.78. The number of fused-ring (bicyclic) bond motifs is 2. The highest BCUT2D eigenvalue weighted by atomic mass is 16.6. The molecule has 0 aromatic heterocycles. The van der Waals surface area contributed by atoms with E-state index >= 15 is 0 Å². The smallest absolute Gasteiger partial charge is 0.344 e. The monoisotopic (exact) mass is 454 g/mol. The zero-order valence-corrected chi connectivity index (χ0v) is 21.8. The van der Waals surface area contributed by atoms with Gasteiger partial charge < -0.3 is 19.3 Å². The van der Waals surface area contributed by atoms with Crippen LogP contribution in [0.3, 0.4) is 0 Å². The summed E-state index contributed by atoms with van der Waals surface area (Å²) in [5, 5.41) is 11.3. The molecule has 6 nitrogen and oxygen atoms in total. The molecule has 2 saturated carbocycles. The van der Waals surface area contributed by atoms with E-state index in [1.165, 1.54) is 0 Å². The summed E-state index contributed by atoms with van der Waals surface area (Å²) in [5.74, 6) is -1.00. The Bertz CT molecular complexity index is 683. The van der Waals surface area contributed by atoms with E-state index in [1.807, 2.05) is 27.7 Å². The van der Waals surface area contributed by atoms with Gasteiger partial charge in [0, 0.05) is 26.4 Å². The second-order valence-corrected chi connectivity index (χ2v) is 13.0. The molecule has 0 aromatic carbocycles. The number of aliphatic hydroxyl groups is 1. The maximum atomic E-state index is 12.9. The van der Waals surface area contributed by atoms with Crippen molar-refractivity contribution in [2.45, 2.75) is 117 Å². The van der Waals surface area contributed by atoms with Crippen molar-refractivity contribution in [3.8, 4) is 0 Å². The molecule has 2 aliphatic carbocycles. The van der Waals surface area contributed by atoms with Gasteiger partial charge in [-0.05, 0) is 42.4 Å². The fourth-order valence-electron chi connectivity index (χ4n) is 6.13. The summed E-state index contributed by atoms with van der Waals surface area (Å²) in [6, 6.07) is 0. The molecule has 5 atom stereocenters. The molecule has 0 aliphatic heterocycles. The molecule has 0 amide bonds. The molecule has 0 radical (unpaired) electrons. The molecule has 186 valence electrons.